The number of hydrogen-bond acceptors (Lipinski definition) is 4. The Morgan fingerprint density at radius 2 is 1.68 bits per heavy atom. The predicted octanol–water partition coefficient (Wildman–Crippen LogP) is 5.19. The van der Waals surface area contributed by atoms with Gasteiger partial charge in [-0.1, -0.05) is 54.6 Å². The Balaban J connectivity index is 1.65. The number of thiophene rings is 1. The minimum atomic E-state index is -3.68. The lowest BCUT2D eigenvalue weighted by Gasteiger charge is -2.26. The quantitative estimate of drug-likeness (QED) is 0.330. The average molecular weight is 450 g/mol. The Kier molecular flexibility index (Phi) is 6.46. The number of sulfonamides is 1. The highest BCUT2D eigenvalue weighted by Gasteiger charge is 2.32. The molecule has 4 aromatic rings. The molecule has 2 heterocycles. The van der Waals surface area contributed by atoms with Crippen LogP contribution in [-0.2, 0) is 23.1 Å². The van der Waals surface area contributed by atoms with E-state index >= 15 is 0 Å². The molecule has 0 fully saturated rings. The molecule has 0 radical (unpaired) electrons. The smallest absolute Gasteiger partial charge is 0.226 e. The van der Waals surface area contributed by atoms with Crippen molar-refractivity contribution in [2.24, 2.45) is 0 Å². The van der Waals surface area contributed by atoms with Crippen molar-refractivity contribution in [1.82, 2.24) is 14.1 Å². The first-order chi connectivity index (χ1) is 15.1. The van der Waals surface area contributed by atoms with Crippen LogP contribution in [0.15, 0.2) is 103 Å². The van der Waals surface area contributed by atoms with Crippen molar-refractivity contribution in [2.75, 3.05) is 0 Å². The molecule has 0 aliphatic rings. The lowest BCUT2D eigenvalue weighted by atomic mass is 10.2. The lowest BCUT2D eigenvalue weighted by molar-refractivity contribution is 0.398. The summed E-state index contributed by atoms with van der Waals surface area (Å²) in [6.07, 6.45) is 5.11. The van der Waals surface area contributed by atoms with E-state index < -0.39 is 15.3 Å². The highest BCUT2D eigenvalue weighted by molar-refractivity contribution is 7.89. The van der Waals surface area contributed by atoms with Crippen LogP contribution in [0.1, 0.15) is 21.3 Å². The summed E-state index contributed by atoms with van der Waals surface area (Å²) >= 11 is 1.43. The highest BCUT2D eigenvalue weighted by Crippen LogP contribution is 2.32. The van der Waals surface area contributed by atoms with Gasteiger partial charge in [0.15, 0.2) is 0 Å². The number of nitrogens with zero attached hydrogens (tertiary/aromatic N) is 3. The van der Waals surface area contributed by atoms with E-state index in [0.717, 1.165) is 21.7 Å². The first kappa shape index (κ1) is 21.2. The first-order valence-electron chi connectivity index (χ1n) is 9.86. The highest BCUT2D eigenvalue weighted by atomic mass is 32.2. The summed E-state index contributed by atoms with van der Waals surface area (Å²) in [7, 11) is -3.68. The first-order valence-corrected chi connectivity index (χ1v) is 12.2. The fourth-order valence-corrected chi connectivity index (χ4v) is 6.23. The van der Waals surface area contributed by atoms with Gasteiger partial charge < -0.3 is 0 Å². The molecule has 0 N–H and O–H groups in total. The zero-order chi connectivity index (χ0) is 21.7. The van der Waals surface area contributed by atoms with Crippen LogP contribution in [0, 0.1) is 0 Å². The topological polar surface area (TPSA) is 55.2 Å². The molecule has 4 rings (SSSR count). The second-order valence-corrected chi connectivity index (χ2v) is 10.1. The molecular formula is C24H23N3O2S2. The van der Waals surface area contributed by atoms with Crippen molar-refractivity contribution in [1.29, 1.82) is 0 Å². The fourth-order valence-electron chi connectivity index (χ4n) is 3.40. The number of aromatic nitrogens is 2. The van der Waals surface area contributed by atoms with Crippen molar-refractivity contribution in [2.45, 2.75) is 18.3 Å². The van der Waals surface area contributed by atoms with E-state index in [1.54, 1.807) is 10.9 Å². The van der Waals surface area contributed by atoms with Crippen LogP contribution in [0.2, 0.25) is 0 Å². The van der Waals surface area contributed by atoms with Crippen molar-refractivity contribution in [3.05, 3.63) is 119 Å². The molecule has 7 heteroatoms. The Morgan fingerprint density at radius 3 is 2.26 bits per heavy atom. The molecule has 0 spiro atoms. The van der Waals surface area contributed by atoms with Crippen molar-refractivity contribution in [3.63, 3.8) is 0 Å². The molecule has 0 saturated carbocycles. The van der Waals surface area contributed by atoms with Crippen LogP contribution in [0.25, 0.3) is 5.69 Å². The minimum Gasteiger partial charge on any atom is -0.241 e. The third-order valence-corrected chi connectivity index (χ3v) is 8.16. The SMILES string of the molecule is C=CC(c1cccs1)S(=O)(=O)N(Cc1ccccc1)Cc1ccc(-n2cccn2)cc1. The number of rotatable bonds is 9. The maximum atomic E-state index is 13.7. The standard InChI is InChI=1S/C24H23N3O2S2/c1-2-24(23-10-6-17-30-23)31(28,29)26(18-20-8-4-3-5-9-20)19-21-11-13-22(14-12-21)27-16-7-15-25-27/h2-17,24H,1,18-19H2. The van der Waals surface area contributed by atoms with Gasteiger partial charge in [-0.15, -0.1) is 17.9 Å². The summed E-state index contributed by atoms with van der Waals surface area (Å²) < 4.78 is 30.6. The van der Waals surface area contributed by atoms with Gasteiger partial charge in [-0.3, -0.25) is 0 Å². The summed E-state index contributed by atoms with van der Waals surface area (Å²) in [4.78, 5) is 0.766. The van der Waals surface area contributed by atoms with E-state index in [1.165, 1.54) is 21.7 Å². The van der Waals surface area contributed by atoms with E-state index in [0.29, 0.717) is 6.54 Å². The summed E-state index contributed by atoms with van der Waals surface area (Å²) in [6.45, 7) is 4.37. The average Bonchev–Trinajstić information content (AvgIpc) is 3.50. The van der Waals surface area contributed by atoms with Gasteiger partial charge in [-0.05, 0) is 40.8 Å². The van der Waals surface area contributed by atoms with Crippen LogP contribution < -0.4 is 0 Å². The maximum absolute atomic E-state index is 13.7. The zero-order valence-electron chi connectivity index (χ0n) is 16.9. The third-order valence-electron chi connectivity index (χ3n) is 4.98. The van der Waals surface area contributed by atoms with E-state index in [4.69, 9.17) is 0 Å². The third kappa shape index (κ3) is 4.85. The zero-order valence-corrected chi connectivity index (χ0v) is 18.5. The van der Waals surface area contributed by atoms with Crippen LogP contribution in [0.5, 0.6) is 0 Å². The Labute approximate surface area is 187 Å². The molecule has 0 aliphatic heterocycles. The van der Waals surface area contributed by atoms with Gasteiger partial charge in [-0.2, -0.15) is 9.40 Å². The van der Waals surface area contributed by atoms with Gasteiger partial charge in [-0.25, -0.2) is 13.1 Å². The molecule has 0 aliphatic carbocycles. The number of hydrogen-bond donors (Lipinski definition) is 0. The molecule has 2 aromatic carbocycles. The van der Waals surface area contributed by atoms with Gasteiger partial charge in [0.1, 0.15) is 5.25 Å². The second-order valence-electron chi connectivity index (χ2n) is 7.09. The Hall–Kier alpha value is -3.00. The van der Waals surface area contributed by atoms with Gasteiger partial charge in [0.25, 0.3) is 0 Å². The van der Waals surface area contributed by atoms with E-state index in [1.807, 2.05) is 84.4 Å². The molecule has 1 unspecified atom stereocenters. The second kappa shape index (κ2) is 9.43. The molecule has 1 atom stereocenters. The van der Waals surface area contributed by atoms with Crippen LogP contribution in [0.3, 0.4) is 0 Å². The summed E-state index contributed by atoms with van der Waals surface area (Å²) in [5.74, 6) is 0. The van der Waals surface area contributed by atoms with E-state index in [2.05, 4.69) is 11.7 Å². The Morgan fingerprint density at radius 1 is 0.968 bits per heavy atom. The maximum Gasteiger partial charge on any atom is 0.226 e. The summed E-state index contributed by atoms with van der Waals surface area (Å²) in [6, 6.07) is 23.0. The molecular weight excluding hydrogens is 426 g/mol. The molecule has 0 bridgehead atoms. The van der Waals surface area contributed by atoms with Gasteiger partial charge in [0.05, 0.1) is 5.69 Å². The molecule has 158 valence electrons. The van der Waals surface area contributed by atoms with E-state index in [9.17, 15) is 8.42 Å². The van der Waals surface area contributed by atoms with E-state index in [-0.39, 0.29) is 6.54 Å². The van der Waals surface area contributed by atoms with Gasteiger partial charge >= 0.3 is 0 Å². The van der Waals surface area contributed by atoms with Crippen LogP contribution >= 0.6 is 11.3 Å². The van der Waals surface area contributed by atoms with Gasteiger partial charge in [0.2, 0.25) is 10.0 Å². The molecule has 31 heavy (non-hydrogen) atoms. The monoisotopic (exact) mass is 449 g/mol. The van der Waals surface area contributed by atoms with Gasteiger partial charge in [0, 0.05) is 30.4 Å². The number of benzene rings is 2. The minimum absolute atomic E-state index is 0.270. The summed E-state index contributed by atoms with van der Waals surface area (Å²) in [5.41, 5.74) is 2.77. The van der Waals surface area contributed by atoms with Crippen LogP contribution in [-0.4, -0.2) is 22.5 Å². The Bertz CT molecular complexity index is 1200. The molecule has 2 aromatic heterocycles. The van der Waals surface area contributed by atoms with Crippen molar-refractivity contribution < 1.29 is 8.42 Å². The predicted molar refractivity (Wildman–Crippen MR) is 125 cm³/mol. The normalized spacial score (nSPS) is 12.7. The fraction of sp³-hybridized carbons (Fsp3) is 0.125. The van der Waals surface area contributed by atoms with Crippen molar-refractivity contribution in [3.8, 4) is 5.69 Å². The van der Waals surface area contributed by atoms with Crippen LogP contribution in [0.4, 0.5) is 0 Å². The summed E-state index contributed by atoms with van der Waals surface area (Å²) in [5, 5.41) is 5.34. The largest absolute Gasteiger partial charge is 0.241 e. The van der Waals surface area contributed by atoms with Crippen molar-refractivity contribution >= 4 is 21.4 Å². The lowest BCUT2D eigenvalue weighted by Crippen LogP contribution is -2.33. The molecule has 0 saturated heterocycles. The molecule has 0 amide bonds. The molecule has 5 nitrogen and oxygen atoms in total.